The summed E-state index contributed by atoms with van der Waals surface area (Å²) in [5.41, 5.74) is 0.582. The van der Waals surface area contributed by atoms with Crippen molar-refractivity contribution in [3.8, 4) is 0 Å². The molecule has 3 nitrogen and oxygen atoms in total. The minimum absolute atomic E-state index is 0.0167. The molecule has 19 heavy (non-hydrogen) atoms. The lowest BCUT2D eigenvalue weighted by Crippen LogP contribution is -2.49. The molecule has 0 saturated carbocycles. The maximum absolute atomic E-state index is 13.1. The number of halogens is 2. The number of nitrogens with one attached hydrogen (secondary N) is 1. The number of rotatable bonds is 3. The highest BCUT2D eigenvalue weighted by molar-refractivity contribution is 7.99. The molecule has 1 heterocycles. The molecular formula is C13H16F2N2OS. The van der Waals surface area contributed by atoms with E-state index in [2.05, 4.69) is 5.32 Å². The van der Waals surface area contributed by atoms with Crippen LogP contribution in [0.5, 0.6) is 0 Å². The summed E-state index contributed by atoms with van der Waals surface area (Å²) in [7, 11) is 1.67. The molecule has 0 bridgehead atoms. The van der Waals surface area contributed by atoms with E-state index in [0.717, 1.165) is 30.2 Å². The standard InChI is InChI=1S/C13H16F2N2OS/c1-17(13(18)12-8-19-5-4-16-12)7-9-2-3-10(14)11(15)6-9/h2-3,6,12,16H,4-5,7-8H2,1H3. The Labute approximate surface area is 115 Å². The van der Waals surface area contributed by atoms with Crippen LogP contribution in [0.25, 0.3) is 0 Å². The van der Waals surface area contributed by atoms with Gasteiger partial charge < -0.3 is 10.2 Å². The van der Waals surface area contributed by atoms with E-state index >= 15 is 0 Å². The van der Waals surface area contributed by atoms with Gasteiger partial charge in [0.15, 0.2) is 11.6 Å². The van der Waals surface area contributed by atoms with E-state index in [-0.39, 0.29) is 18.5 Å². The molecule has 1 atom stereocenters. The third-order valence-corrected chi connectivity index (χ3v) is 4.06. The average Bonchev–Trinajstić information content (AvgIpc) is 2.43. The van der Waals surface area contributed by atoms with Crippen LogP contribution >= 0.6 is 11.8 Å². The predicted molar refractivity (Wildman–Crippen MR) is 71.9 cm³/mol. The first kappa shape index (κ1) is 14.3. The topological polar surface area (TPSA) is 32.3 Å². The molecule has 1 saturated heterocycles. The van der Waals surface area contributed by atoms with Crippen molar-refractivity contribution < 1.29 is 13.6 Å². The van der Waals surface area contributed by atoms with E-state index in [9.17, 15) is 13.6 Å². The number of carbonyl (C=O) groups is 1. The molecular weight excluding hydrogens is 270 g/mol. The van der Waals surface area contributed by atoms with E-state index in [0.29, 0.717) is 5.56 Å². The van der Waals surface area contributed by atoms with Gasteiger partial charge in [-0.1, -0.05) is 6.07 Å². The Morgan fingerprint density at radius 3 is 2.89 bits per heavy atom. The minimum Gasteiger partial charge on any atom is -0.340 e. The minimum atomic E-state index is -0.885. The smallest absolute Gasteiger partial charge is 0.240 e. The molecule has 1 aliphatic heterocycles. The van der Waals surface area contributed by atoms with Crippen molar-refractivity contribution in [3.05, 3.63) is 35.4 Å². The van der Waals surface area contributed by atoms with Gasteiger partial charge in [-0.25, -0.2) is 8.78 Å². The van der Waals surface area contributed by atoms with Crippen molar-refractivity contribution in [1.29, 1.82) is 0 Å². The van der Waals surface area contributed by atoms with E-state index < -0.39 is 11.6 Å². The van der Waals surface area contributed by atoms with Crippen molar-refractivity contribution in [1.82, 2.24) is 10.2 Å². The third kappa shape index (κ3) is 3.67. The Balaban J connectivity index is 1.97. The van der Waals surface area contributed by atoms with Gasteiger partial charge in [-0.05, 0) is 17.7 Å². The first-order chi connectivity index (χ1) is 9.08. The van der Waals surface area contributed by atoms with E-state index in [4.69, 9.17) is 0 Å². The van der Waals surface area contributed by atoms with Crippen molar-refractivity contribution in [2.45, 2.75) is 12.6 Å². The van der Waals surface area contributed by atoms with Crippen LogP contribution in [0.3, 0.4) is 0 Å². The second kappa shape index (κ2) is 6.34. The van der Waals surface area contributed by atoms with Crippen LogP contribution in [-0.2, 0) is 11.3 Å². The summed E-state index contributed by atoms with van der Waals surface area (Å²) >= 11 is 1.74. The molecule has 1 fully saturated rings. The van der Waals surface area contributed by atoms with Crippen LogP contribution in [-0.4, -0.2) is 41.9 Å². The summed E-state index contributed by atoms with van der Waals surface area (Å²) < 4.78 is 25.9. The Morgan fingerprint density at radius 1 is 1.47 bits per heavy atom. The average molecular weight is 286 g/mol. The highest BCUT2D eigenvalue weighted by atomic mass is 32.2. The Kier molecular flexibility index (Phi) is 4.76. The van der Waals surface area contributed by atoms with Crippen LogP contribution in [0.1, 0.15) is 5.56 Å². The molecule has 1 N–H and O–H groups in total. The fourth-order valence-corrected chi connectivity index (χ4v) is 2.90. The fraction of sp³-hybridized carbons (Fsp3) is 0.462. The molecule has 0 radical (unpaired) electrons. The summed E-state index contributed by atoms with van der Waals surface area (Å²) in [6.45, 7) is 1.10. The SMILES string of the molecule is CN(Cc1ccc(F)c(F)c1)C(=O)C1CSCCN1. The molecule has 6 heteroatoms. The van der Waals surface area contributed by atoms with E-state index in [1.807, 2.05) is 0 Å². The van der Waals surface area contributed by atoms with Gasteiger partial charge in [0.05, 0.1) is 6.04 Å². The summed E-state index contributed by atoms with van der Waals surface area (Å²) in [6, 6.07) is 3.51. The number of hydrogen-bond donors (Lipinski definition) is 1. The van der Waals surface area contributed by atoms with Gasteiger partial charge in [-0.3, -0.25) is 4.79 Å². The zero-order valence-electron chi connectivity index (χ0n) is 10.7. The van der Waals surface area contributed by atoms with Crippen LogP contribution < -0.4 is 5.32 Å². The molecule has 2 rings (SSSR count). The first-order valence-corrected chi connectivity index (χ1v) is 7.23. The van der Waals surface area contributed by atoms with Gasteiger partial charge in [0, 0.05) is 31.6 Å². The van der Waals surface area contributed by atoms with Gasteiger partial charge in [-0.15, -0.1) is 0 Å². The van der Waals surface area contributed by atoms with E-state index in [1.165, 1.54) is 11.0 Å². The van der Waals surface area contributed by atoms with Gasteiger partial charge >= 0.3 is 0 Å². The second-order valence-corrected chi connectivity index (χ2v) is 5.67. The fourth-order valence-electron chi connectivity index (χ4n) is 1.98. The zero-order chi connectivity index (χ0) is 13.8. The van der Waals surface area contributed by atoms with Crippen molar-refractivity contribution >= 4 is 17.7 Å². The molecule has 1 aromatic carbocycles. The Hall–Kier alpha value is -1.14. The highest BCUT2D eigenvalue weighted by Gasteiger charge is 2.24. The van der Waals surface area contributed by atoms with Crippen LogP contribution in [0.15, 0.2) is 18.2 Å². The monoisotopic (exact) mass is 286 g/mol. The maximum atomic E-state index is 13.1. The number of amides is 1. The maximum Gasteiger partial charge on any atom is 0.240 e. The number of carbonyl (C=O) groups excluding carboxylic acids is 1. The lowest BCUT2D eigenvalue weighted by Gasteiger charge is -2.27. The van der Waals surface area contributed by atoms with Crippen molar-refractivity contribution in [2.75, 3.05) is 25.1 Å². The lowest BCUT2D eigenvalue weighted by molar-refractivity contribution is -0.132. The molecule has 1 amide bonds. The summed E-state index contributed by atoms with van der Waals surface area (Å²) in [4.78, 5) is 13.7. The highest BCUT2D eigenvalue weighted by Crippen LogP contribution is 2.13. The second-order valence-electron chi connectivity index (χ2n) is 4.52. The number of benzene rings is 1. The van der Waals surface area contributed by atoms with Gasteiger partial charge in [-0.2, -0.15) is 11.8 Å². The first-order valence-electron chi connectivity index (χ1n) is 6.08. The summed E-state index contributed by atoms with van der Waals surface area (Å²) in [6.07, 6.45) is 0. The molecule has 1 unspecified atom stereocenters. The molecule has 0 spiro atoms. The third-order valence-electron chi connectivity index (χ3n) is 3.00. The zero-order valence-corrected chi connectivity index (χ0v) is 11.5. The van der Waals surface area contributed by atoms with Crippen LogP contribution in [0.4, 0.5) is 8.78 Å². The summed E-state index contributed by atoms with van der Waals surface area (Å²) in [5.74, 6) is -0.0119. The van der Waals surface area contributed by atoms with Gasteiger partial charge in [0.1, 0.15) is 0 Å². The van der Waals surface area contributed by atoms with Crippen molar-refractivity contribution in [2.24, 2.45) is 0 Å². The van der Waals surface area contributed by atoms with Gasteiger partial charge in [0.2, 0.25) is 5.91 Å². The quantitative estimate of drug-likeness (QED) is 0.916. The molecule has 0 aromatic heterocycles. The molecule has 0 aliphatic carbocycles. The summed E-state index contributed by atoms with van der Waals surface area (Å²) in [5, 5.41) is 3.16. The normalized spacial score (nSPS) is 19.2. The number of likely N-dealkylation sites (N-methyl/N-ethyl adjacent to an activating group) is 1. The van der Waals surface area contributed by atoms with Crippen LogP contribution in [0, 0.1) is 11.6 Å². The Morgan fingerprint density at radius 2 is 2.26 bits per heavy atom. The van der Waals surface area contributed by atoms with Gasteiger partial charge in [0.25, 0.3) is 0 Å². The number of hydrogen-bond acceptors (Lipinski definition) is 3. The number of nitrogens with zero attached hydrogens (tertiary/aromatic N) is 1. The Bertz CT molecular complexity index is 464. The van der Waals surface area contributed by atoms with E-state index in [1.54, 1.807) is 18.8 Å². The lowest BCUT2D eigenvalue weighted by atomic mass is 10.2. The molecule has 1 aliphatic rings. The van der Waals surface area contributed by atoms with Crippen molar-refractivity contribution in [3.63, 3.8) is 0 Å². The predicted octanol–water partition coefficient (Wildman–Crippen LogP) is 1.63. The molecule has 1 aromatic rings. The van der Waals surface area contributed by atoms with Crippen LogP contribution in [0.2, 0.25) is 0 Å². The molecule has 104 valence electrons. The number of thioether (sulfide) groups is 1. The largest absolute Gasteiger partial charge is 0.340 e.